The molecule has 0 saturated heterocycles. The summed E-state index contributed by atoms with van der Waals surface area (Å²) in [7, 11) is -3.46. The van der Waals surface area contributed by atoms with E-state index in [4.69, 9.17) is 18.0 Å². The zero-order chi connectivity index (χ0) is 13.8. The molecule has 0 spiro atoms. The number of rotatable bonds is 6. The fourth-order valence-corrected chi connectivity index (χ4v) is 3.04. The molecule has 1 aromatic rings. The van der Waals surface area contributed by atoms with Gasteiger partial charge in [0.1, 0.15) is 4.99 Å². The number of benzene rings is 1. The van der Waals surface area contributed by atoms with Crippen molar-refractivity contribution in [3.05, 3.63) is 29.8 Å². The number of hydrogen-bond acceptors (Lipinski definition) is 3. The predicted octanol–water partition coefficient (Wildman–Crippen LogP) is 1.79. The van der Waals surface area contributed by atoms with Crippen molar-refractivity contribution in [2.75, 3.05) is 0 Å². The van der Waals surface area contributed by atoms with Crippen molar-refractivity contribution in [1.82, 2.24) is 4.72 Å². The van der Waals surface area contributed by atoms with Gasteiger partial charge in [0.05, 0.1) is 4.90 Å². The van der Waals surface area contributed by atoms with Gasteiger partial charge in [-0.05, 0) is 25.5 Å². The van der Waals surface area contributed by atoms with Crippen molar-refractivity contribution >= 4 is 27.2 Å². The van der Waals surface area contributed by atoms with Crippen LogP contribution in [-0.2, 0) is 10.0 Å². The van der Waals surface area contributed by atoms with E-state index in [1.54, 1.807) is 12.1 Å². The maximum atomic E-state index is 12.0. The Balaban J connectivity index is 2.88. The first-order valence-corrected chi connectivity index (χ1v) is 7.68. The van der Waals surface area contributed by atoms with Crippen LogP contribution in [0.4, 0.5) is 0 Å². The highest BCUT2D eigenvalue weighted by Crippen LogP contribution is 2.12. The van der Waals surface area contributed by atoms with Gasteiger partial charge in [0, 0.05) is 11.6 Å². The van der Waals surface area contributed by atoms with Crippen LogP contribution in [0.5, 0.6) is 0 Å². The van der Waals surface area contributed by atoms with Crippen LogP contribution in [0.15, 0.2) is 29.2 Å². The predicted molar refractivity (Wildman–Crippen MR) is 77.0 cm³/mol. The minimum absolute atomic E-state index is 0.0738. The van der Waals surface area contributed by atoms with Gasteiger partial charge in [-0.3, -0.25) is 0 Å². The lowest BCUT2D eigenvalue weighted by atomic mass is 10.2. The quantitative estimate of drug-likeness (QED) is 0.782. The van der Waals surface area contributed by atoms with Crippen LogP contribution in [0.25, 0.3) is 0 Å². The lowest BCUT2D eigenvalue weighted by molar-refractivity contribution is 0.544. The van der Waals surface area contributed by atoms with E-state index >= 15 is 0 Å². The van der Waals surface area contributed by atoms with Gasteiger partial charge < -0.3 is 5.73 Å². The van der Waals surface area contributed by atoms with Crippen molar-refractivity contribution in [2.24, 2.45) is 5.73 Å². The fraction of sp³-hybridized carbons (Fsp3) is 0.417. The van der Waals surface area contributed by atoms with Crippen LogP contribution >= 0.6 is 12.2 Å². The maximum absolute atomic E-state index is 12.0. The molecule has 0 bridgehead atoms. The molecule has 0 aromatic heterocycles. The fourth-order valence-electron chi connectivity index (χ4n) is 1.62. The summed E-state index contributed by atoms with van der Waals surface area (Å²) in [4.78, 5) is 0.483. The molecule has 0 heterocycles. The van der Waals surface area contributed by atoms with Gasteiger partial charge in [-0.1, -0.05) is 37.7 Å². The van der Waals surface area contributed by atoms with Crippen LogP contribution in [0, 0.1) is 0 Å². The summed E-state index contributed by atoms with van der Waals surface area (Å²) in [6.45, 7) is 3.87. The Morgan fingerprint density at radius 1 is 1.39 bits per heavy atom. The first-order chi connectivity index (χ1) is 8.36. The van der Waals surface area contributed by atoms with Crippen molar-refractivity contribution in [3.8, 4) is 0 Å². The van der Waals surface area contributed by atoms with Gasteiger partial charge in [-0.2, -0.15) is 0 Å². The molecular formula is C12H18N2O2S2. The smallest absolute Gasteiger partial charge is 0.240 e. The number of nitrogens with one attached hydrogen (secondary N) is 1. The molecule has 100 valence electrons. The Morgan fingerprint density at radius 3 is 2.39 bits per heavy atom. The molecule has 0 aliphatic heterocycles. The number of nitrogens with two attached hydrogens (primary N) is 1. The van der Waals surface area contributed by atoms with E-state index in [0.717, 1.165) is 12.8 Å². The zero-order valence-electron chi connectivity index (χ0n) is 10.5. The van der Waals surface area contributed by atoms with Gasteiger partial charge in [-0.15, -0.1) is 0 Å². The molecule has 3 N–H and O–H groups in total. The molecule has 0 radical (unpaired) electrons. The van der Waals surface area contributed by atoms with Gasteiger partial charge in [0.25, 0.3) is 0 Å². The summed E-state index contributed by atoms with van der Waals surface area (Å²) >= 11 is 4.82. The van der Waals surface area contributed by atoms with Crippen LogP contribution in [0.2, 0.25) is 0 Å². The Morgan fingerprint density at radius 2 is 1.94 bits per heavy atom. The molecule has 1 aromatic carbocycles. The van der Waals surface area contributed by atoms with Gasteiger partial charge in [0.15, 0.2) is 0 Å². The van der Waals surface area contributed by atoms with Crippen LogP contribution in [0.1, 0.15) is 32.3 Å². The standard InChI is InChI=1S/C12H18N2O2S2/c1-3-4-9(2)14-18(15,16)11-7-5-10(6-8-11)12(13)17/h5-9,14H,3-4H2,1-2H3,(H2,13,17). The lowest BCUT2D eigenvalue weighted by Gasteiger charge is -2.13. The van der Waals surface area contributed by atoms with Gasteiger partial charge in [0.2, 0.25) is 10.0 Å². The minimum Gasteiger partial charge on any atom is -0.389 e. The van der Waals surface area contributed by atoms with Crippen LogP contribution in [-0.4, -0.2) is 19.4 Å². The van der Waals surface area contributed by atoms with Crippen LogP contribution in [0.3, 0.4) is 0 Å². The molecule has 1 atom stereocenters. The first kappa shape index (κ1) is 15.1. The van der Waals surface area contributed by atoms with E-state index < -0.39 is 10.0 Å². The Labute approximate surface area is 114 Å². The third kappa shape index (κ3) is 4.04. The summed E-state index contributed by atoms with van der Waals surface area (Å²) < 4.78 is 26.7. The molecule has 0 aliphatic carbocycles. The highest BCUT2D eigenvalue weighted by molar-refractivity contribution is 7.89. The van der Waals surface area contributed by atoms with Gasteiger partial charge >= 0.3 is 0 Å². The average Bonchev–Trinajstić information content (AvgIpc) is 2.28. The Bertz CT molecular complexity index is 509. The van der Waals surface area contributed by atoms with E-state index in [2.05, 4.69) is 4.72 Å². The average molecular weight is 286 g/mol. The van der Waals surface area contributed by atoms with E-state index in [-0.39, 0.29) is 15.9 Å². The summed E-state index contributed by atoms with van der Waals surface area (Å²) in [5, 5.41) is 0. The Hall–Kier alpha value is -0.980. The van der Waals surface area contributed by atoms with E-state index in [1.165, 1.54) is 12.1 Å². The second-order valence-corrected chi connectivity index (χ2v) is 6.35. The van der Waals surface area contributed by atoms with Crippen molar-refractivity contribution in [2.45, 2.75) is 37.6 Å². The van der Waals surface area contributed by atoms with E-state index in [9.17, 15) is 8.42 Å². The maximum Gasteiger partial charge on any atom is 0.240 e. The summed E-state index contributed by atoms with van der Waals surface area (Å²) in [5.41, 5.74) is 6.12. The van der Waals surface area contributed by atoms with Gasteiger partial charge in [-0.25, -0.2) is 13.1 Å². The van der Waals surface area contributed by atoms with Crippen molar-refractivity contribution in [1.29, 1.82) is 0 Å². The monoisotopic (exact) mass is 286 g/mol. The van der Waals surface area contributed by atoms with Crippen LogP contribution < -0.4 is 10.5 Å². The van der Waals surface area contributed by atoms with E-state index in [1.807, 2.05) is 13.8 Å². The highest BCUT2D eigenvalue weighted by Gasteiger charge is 2.16. The minimum atomic E-state index is -3.46. The number of thiocarbonyl (C=S) groups is 1. The summed E-state index contributed by atoms with van der Waals surface area (Å²) in [5.74, 6) is 0. The molecule has 6 heteroatoms. The zero-order valence-corrected chi connectivity index (χ0v) is 12.1. The Kier molecular flexibility index (Phi) is 5.25. The second-order valence-electron chi connectivity index (χ2n) is 4.20. The summed E-state index contributed by atoms with van der Waals surface area (Å²) in [6.07, 6.45) is 1.74. The summed E-state index contributed by atoms with van der Waals surface area (Å²) in [6, 6.07) is 6.17. The highest BCUT2D eigenvalue weighted by atomic mass is 32.2. The second kappa shape index (κ2) is 6.26. The first-order valence-electron chi connectivity index (χ1n) is 5.79. The third-order valence-electron chi connectivity index (χ3n) is 2.53. The van der Waals surface area contributed by atoms with E-state index in [0.29, 0.717) is 5.56 Å². The topological polar surface area (TPSA) is 72.2 Å². The molecule has 18 heavy (non-hydrogen) atoms. The molecule has 1 unspecified atom stereocenters. The molecule has 0 aliphatic rings. The largest absolute Gasteiger partial charge is 0.389 e. The van der Waals surface area contributed by atoms with Crippen molar-refractivity contribution in [3.63, 3.8) is 0 Å². The normalized spacial score (nSPS) is 13.2. The molecule has 4 nitrogen and oxygen atoms in total. The molecule has 0 amide bonds. The SMILES string of the molecule is CCCC(C)NS(=O)(=O)c1ccc(C(N)=S)cc1. The molecule has 1 rings (SSSR count). The number of sulfonamides is 1. The molecular weight excluding hydrogens is 268 g/mol. The van der Waals surface area contributed by atoms with Crippen molar-refractivity contribution < 1.29 is 8.42 Å². The molecule has 0 fully saturated rings. The molecule has 0 saturated carbocycles. The number of hydrogen-bond donors (Lipinski definition) is 2. The lowest BCUT2D eigenvalue weighted by Crippen LogP contribution is -2.32. The third-order valence-corrected chi connectivity index (χ3v) is 4.37.